The Balaban J connectivity index is 1.92. The van der Waals surface area contributed by atoms with Gasteiger partial charge >= 0.3 is 0 Å². The molecule has 0 unspecified atom stereocenters. The number of nitrogens with zero attached hydrogens (tertiary/aromatic N) is 3. The number of carbonyl (C=O) groups excluding carboxylic acids is 1. The molecule has 0 fully saturated rings. The fourth-order valence-electron chi connectivity index (χ4n) is 2.08. The Labute approximate surface area is 143 Å². The highest BCUT2D eigenvalue weighted by Gasteiger charge is 2.08. The van der Waals surface area contributed by atoms with Crippen molar-refractivity contribution in [3.63, 3.8) is 0 Å². The van der Waals surface area contributed by atoms with Gasteiger partial charge in [0.25, 0.3) is 5.91 Å². The smallest absolute Gasteiger partial charge is 0.258 e. The molecule has 24 heavy (non-hydrogen) atoms. The van der Waals surface area contributed by atoms with Crippen molar-refractivity contribution in [2.24, 2.45) is 0 Å². The molecule has 1 aromatic heterocycles. The third kappa shape index (κ3) is 5.31. The van der Waals surface area contributed by atoms with Gasteiger partial charge in [0.05, 0.1) is 5.56 Å². The standard InChI is InChI=1S/C18H25N5O/c1-13(2)14-5-7-16(8-6-14)22-17(24)15-11-20-18(21-12-15)19-9-10-23(3)4/h5-8,11-13H,9-10H2,1-4H3,(H,22,24)(H,19,20,21). The summed E-state index contributed by atoms with van der Waals surface area (Å²) < 4.78 is 0. The largest absolute Gasteiger partial charge is 0.353 e. The molecule has 0 atom stereocenters. The fourth-order valence-corrected chi connectivity index (χ4v) is 2.08. The molecule has 0 spiro atoms. The number of likely N-dealkylation sites (N-methyl/N-ethyl adjacent to an activating group) is 1. The maximum atomic E-state index is 12.2. The molecule has 0 aliphatic heterocycles. The summed E-state index contributed by atoms with van der Waals surface area (Å²) in [6, 6.07) is 7.86. The summed E-state index contributed by atoms with van der Waals surface area (Å²) in [6.45, 7) is 5.91. The molecule has 6 heteroatoms. The molecule has 0 aliphatic carbocycles. The van der Waals surface area contributed by atoms with E-state index in [1.165, 1.54) is 18.0 Å². The van der Waals surface area contributed by atoms with E-state index in [1.54, 1.807) is 0 Å². The predicted octanol–water partition coefficient (Wildman–Crippen LogP) is 2.83. The lowest BCUT2D eigenvalue weighted by Crippen LogP contribution is -2.21. The number of benzene rings is 1. The van der Waals surface area contributed by atoms with Gasteiger partial charge in [0.2, 0.25) is 5.95 Å². The quantitative estimate of drug-likeness (QED) is 0.818. The zero-order valence-electron chi connectivity index (χ0n) is 14.7. The lowest BCUT2D eigenvalue weighted by atomic mass is 10.0. The van der Waals surface area contributed by atoms with Crippen molar-refractivity contribution >= 4 is 17.5 Å². The second kappa shape index (κ2) is 8.40. The van der Waals surface area contributed by atoms with Gasteiger partial charge in [0.15, 0.2) is 0 Å². The number of nitrogens with one attached hydrogen (secondary N) is 2. The van der Waals surface area contributed by atoms with Crippen LogP contribution in [0.5, 0.6) is 0 Å². The molecule has 0 saturated carbocycles. The number of aromatic nitrogens is 2. The van der Waals surface area contributed by atoms with Crippen LogP contribution in [0.15, 0.2) is 36.7 Å². The van der Waals surface area contributed by atoms with Gasteiger partial charge in [-0.15, -0.1) is 0 Å². The van der Waals surface area contributed by atoms with Gasteiger partial charge < -0.3 is 15.5 Å². The van der Waals surface area contributed by atoms with Gasteiger partial charge in [-0.2, -0.15) is 0 Å². The van der Waals surface area contributed by atoms with Gasteiger partial charge in [-0.05, 0) is 37.7 Å². The molecule has 2 aromatic rings. The summed E-state index contributed by atoms with van der Waals surface area (Å²) >= 11 is 0. The van der Waals surface area contributed by atoms with Gasteiger partial charge in [0.1, 0.15) is 0 Å². The minimum absolute atomic E-state index is 0.216. The van der Waals surface area contributed by atoms with Crippen LogP contribution >= 0.6 is 0 Å². The first kappa shape index (κ1) is 17.9. The number of hydrogen-bond acceptors (Lipinski definition) is 5. The molecule has 2 N–H and O–H groups in total. The van der Waals surface area contributed by atoms with E-state index in [-0.39, 0.29) is 5.91 Å². The number of anilines is 2. The van der Waals surface area contributed by atoms with E-state index < -0.39 is 0 Å². The number of hydrogen-bond donors (Lipinski definition) is 2. The Bertz CT molecular complexity index is 650. The molecular weight excluding hydrogens is 302 g/mol. The summed E-state index contributed by atoms with van der Waals surface area (Å²) in [5.74, 6) is 0.775. The lowest BCUT2D eigenvalue weighted by molar-refractivity contribution is 0.102. The van der Waals surface area contributed by atoms with Crippen LogP contribution < -0.4 is 10.6 Å². The van der Waals surface area contributed by atoms with E-state index in [0.717, 1.165) is 18.8 Å². The average molecular weight is 327 g/mol. The molecule has 1 heterocycles. The molecule has 0 bridgehead atoms. The maximum Gasteiger partial charge on any atom is 0.258 e. The van der Waals surface area contributed by atoms with Gasteiger partial charge in [-0.3, -0.25) is 4.79 Å². The van der Waals surface area contributed by atoms with Crippen molar-refractivity contribution in [3.8, 4) is 0 Å². The molecule has 1 aromatic carbocycles. The van der Waals surface area contributed by atoms with Gasteiger partial charge in [0, 0.05) is 31.2 Å². The van der Waals surface area contributed by atoms with E-state index in [0.29, 0.717) is 17.4 Å². The zero-order chi connectivity index (χ0) is 17.5. The van der Waals surface area contributed by atoms with Crippen molar-refractivity contribution in [3.05, 3.63) is 47.8 Å². The minimum Gasteiger partial charge on any atom is -0.353 e. The van der Waals surface area contributed by atoms with Gasteiger partial charge in [-0.25, -0.2) is 9.97 Å². The predicted molar refractivity (Wildman–Crippen MR) is 97.6 cm³/mol. The second-order valence-corrected chi connectivity index (χ2v) is 6.26. The van der Waals surface area contributed by atoms with E-state index in [4.69, 9.17) is 0 Å². The topological polar surface area (TPSA) is 70.2 Å². The molecule has 0 saturated heterocycles. The van der Waals surface area contributed by atoms with Crippen LogP contribution in [0, 0.1) is 0 Å². The van der Waals surface area contributed by atoms with Crippen LogP contribution in [0.25, 0.3) is 0 Å². The monoisotopic (exact) mass is 327 g/mol. The van der Waals surface area contributed by atoms with E-state index in [1.807, 2.05) is 38.4 Å². The van der Waals surface area contributed by atoms with E-state index >= 15 is 0 Å². The van der Waals surface area contributed by atoms with Crippen LogP contribution in [0.3, 0.4) is 0 Å². The first-order chi connectivity index (χ1) is 11.5. The normalized spacial score (nSPS) is 10.9. The van der Waals surface area contributed by atoms with Crippen LogP contribution in [0.2, 0.25) is 0 Å². The van der Waals surface area contributed by atoms with Crippen LogP contribution in [-0.2, 0) is 0 Å². The molecular formula is C18H25N5O. The highest BCUT2D eigenvalue weighted by Crippen LogP contribution is 2.17. The maximum absolute atomic E-state index is 12.2. The van der Waals surface area contributed by atoms with Crippen LogP contribution in [-0.4, -0.2) is 48.0 Å². The molecule has 6 nitrogen and oxygen atoms in total. The summed E-state index contributed by atoms with van der Waals surface area (Å²) in [7, 11) is 4.01. The van der Waals surface area contributed by atoms with Crippen LogP contribution in [0.1, 0.15) is 35.7 Å². The number of carbonyl (C=O) groups is 1. The van der Waals surface area contributed by atoms with Gasteiger partial charge in [-0.1, -0.05) is 26.0 Å². The average Bonchev–Trinajstić information content (AvgIpc) is 2.55. The Morgan fingerprint density at radius 1 is 1.12 bits per heavy atom. The van der Waals surface area contributed by atoms with Crippen LogP contribution in [0.4, 0.5) is 11.6 Å². The number of rotatable bonds is 7. The Morgan fingerprint density at radius 3 is 2.29 bits per heavy atom. The Morgan fingerprint density at radius 2 is 1.75 bits per heavy atom. The summed E-state index contributed by atoms with van der Waals surface area (Å²) in [6.07, 6.45) is 3.06. The zero-order valence-corrected chi connectivity index (χ0v) is 14.7. The van der Waals surface area contributed by atoms with Crippen molar-refractivity contribution < 1.29 is 4.79 Å². The Kier molecular flexibility index (Phi) is 6.26. The molecule has 0 aliphatic rings. The SMILES string of the molecule is CC(C)c1ccc(NC(=O)c2cnc(NCCN(C)C)nc2)cc1. The first-order valence-electron chi connectivity index (χ1n) is 8.07. The van der Waals surface area contributed by atoms with Crippen molar-refractivity contribution in [1.82, 2.24) is 14.9 Å². The Hall–Kier alpha value is -2.47. The second-order valence-electron chi connectivity index (χ2n) is 6.26. The lowest BCUT2D eigenvalue weighted by Gasteiger charge is -2.10. The van der Waals surface area contributed by atoms with Crippen molar-refractivity contribution in [2.45, 2.75) is 19.8 Å². The fraction of sp³-hybridized carbons (Fsp3) is 0.389. The molecule has 2 rings (SSSR count). The third-order valence-electron chi connectivity index (χ3n) is 3.59. The number of amides is 1. The summed E-state index contributed by atoms with van der Waals surface area (Å²) in [5.41, 5.74) is 2.43. The minimum atomic E-state index is -0.216. The highest BCUT2D eigenvalue weighted by molar-refractivity contribution is 6.03. The highest BCUT2D eigenvalue weighted by atomic mass is 16.1. The van der Waals surface area contributed by atoms with E-state index in [2.05, 4.69) is 39.3 Å². The summed E-state index contributed by atoms with van der Waals surface area (Å²) in [4.78, 5) is 22.6. The van der Waals surface area contributed by atoms with E-state index in [9.17, 15) is 4.79 Å². The van der Waals surface area contributed by atoms with Crippen molar-refractivity contribution in [2.75, 3.05) is 37.8 Å². The molecule has 0 radical (unpaired) electrons. The summed E-state index contributed by atoms with van der Waals surface area (Å²) in [5, 5.41) is 5.97. The first-order valence-corrected chi connectivity index (χ1v) is 8.07. The van der Waals surface area contributed by atoms with Crippen molar-refractivity contribution in [1.29, 1.82) is 0 Å². The third-order valence-corrected chi connectivity index (χ3v) is 3.59. The molecule has 128 valence electrons. The molecule has 1 amide bonds.